The number of hydrogen-bond donors (Lipinski definition) is 0. The Morgan fingerprint density at radius 3 is 2.89 bits per heavy atom. The highest BCUT2D eigenvalue weighted by molar-refractivity contribution is 7.99. The molecule has 1 aromatic carbocycles. The van der Waals surface area contributed by atoms with Gasteiger partial charge in [-0.25, -0.2) is 4.39 Å². The number of piperidine rings is 1. The maximum atomic E-state index is 14.0. The Balaban J connectivity index is 1.33. The molecule has 6 nitrogen and oxygen atoms in total. The minimum absolute atomic E-state index is 0.133. The lowest BCUT2D eigenvalue weighted by Gasteiger charge is -2.40. The number of benzene rings is 1. The van der Waals surface area contributed by atoms with E-state index in [4.69, 9.17) is 0 Å². The van der Waals surface area contributed by atoms with Crippen molar-refractivity contribution in [2.24, 2.45) is 12.5 Å². The molecule has 2 aliphatic rings. The maximum absolute atomic E-state index is 14.0. The van der Waals surface area contributed by atoms with Crippen molar-refractivity contribution < 1.29 is 9.18 Å². The van der Waals surface area contributed by atoms with E-state index >= 15 is 0 Å². The number of amides is 1. The van der Waals surface area contributed by atoms with Crippen LogP contribution in [0.5, 0.6) is 0 Å². The quantitative estimate of drug-likeness (QED) is 0.719. The van der Waals surface area contributed by atoms with Gasteiger partial charge in [0.15, 0.2) is 5.16 Å². The summed E-state index contributed by atoms with van der Waals surface area (Å²) in [5.41, 5.74) is 0.903. The van der Waals surface area contributed by atoms with Crippen LogP contribution in [0.3, 0.4) is 0 Å². The Bertz CT molecular complexity index is 844. The molecule has 1 amide bonds. The van der Waals surface area contributed by atoms with E-state index in [1.165, 1.54) is 17.8 Å². The second-order valence-electron chi connectivity index (χ2n) is 7.98. The van der Waals surface area contributed by atoms with Gasteiger partial charge in [-0.3, -0.25) is 9.69 Å². The zero-order valence-corrected chi connectivity index (χ0v) is 17.0. The van der Waals surface area contributed by atoms with Crippen LogP contribution in [0, 0.1) is 11.2 Å². The summed E-state index contributed by atoms with van der Waals surface area (Å²) in [5.74, 6) is 0.420. The number of hydrogen-bond acceptors (Lipinski definition) is 5. The monoisotopic (exact) mass is 403 g/mol. The molecule has 28 heavy (non-hydrogen) atoms. The Labute approximate surface area is 169 Å². The van der Waals surface area contributed by atoms with E-state index in [2.05, 4.69) is 15.1 Å². The minimum Gasteiger partial charge on any atom is -0.341 e. The van der Waals surface area contributed by atoms with Gasteiger partial charge in [-0.05, 0) is 31.9 Å². The van der Waals surface area contributed by atoms with E-state index in [-0.39, 0.29) is 17.1 Å². The van der Waals surface area contributed by atoms with Gasteiger partial charge >= 0.3 is 0 Å². The normalized spacial score (nSPS) is 22.9. The van der Waals surface area contributed by atoms with Crippen molar-refractivity contribution >= 4 is 17.7 Å². The van der Waals surface area contributed by atoms with Crippen molar-refractivity contribution in [2.45, 2.75) is 31.0 Å². The highest BCUT2D eigenvalue weighted by atomic mass is 32.2. The highest BCUT2D eigenvalue weighted by Gasteiger charge is 2.42. The van der Waals surface area contributed by atoms with Crippen LogP contribution < -0.4 is 0 Å². The molecule has 1 spiro atoms. The second kappa shape index (κ2) is 8.21. The number of carbonyl (C=O) groups excluding carboxylic acids is 1. The fourth-order valence-corrected chi connectivity index (χ4v) is 5.21. The number of aryl methyl sites for hydroxylation is 1. The Morgan fingerprint density at radius 1 is 1.25 bits per heavy atom. The SMILES string of the molecule is Cn1cnnc1SCC(=O)N1CC[C@]2(CCCN(Cc3ccccc3F)C2)C1. The molecule has 150 valence electrons. The van der Waals surface area contributed by atoms with E-state index in [1.807, 2.05) is 28.6 Å². The van der Waals surface area contributed by atoms with Crippen LogP contribution in [0.15, 0.2) is 35.7 Å². The average Bonchev–Trinajstić information content (AvgIpc) is 3.28. The molecule has 2 fully saturated rings. The maximum Gasteiger partial charge on any atom is 0.233 e. The van der Waals surface area contributed by atoms with E-state index in [0.717, 1.165) is 56.2 Å². The van der Waals surface area contributed by atoms with Gasteiger partial charge in [-0.2, -0.15) is 0 Å². The van der Waals surface area contributed by atoms with Gasteiger partial charge in [-0.1, -0.05) is 30.0 Å². The molecule has 8 heteroatoms. The first-order valence-corrected chi connectivity index (χ1v) is 10.7. The lowest BCUT2D eigenvalue weighted by atomic mass is 9.79. The Hall–Kier alpha value is -1.93. The van der Waals surface area contributed by atoms with Crippen molar-refractivity contribution in [1.82, 2.24) is 24.6 Å². The number of thioether (sulfide) groups is 1. The fourth-order valence-electron chi connectivity index (χ4n) is 4.41. The number of carbonyl (C=O) groups is 1. The summed E-state index contributed by atoms with van der Waals surface area (Å²) in [4.78, 5) is 17.0. The molecule has 0 bridgehead atoms. The predicted octanol–water partition coefficient (Wildman–Crippen LogP) is 2.56. The average molecular weight is 404 g/mol. The van der Waals surface area contributed by atoms with Crippen molar-refractivity contribution in [3.63, 3.8) is 0 Å². The zero-order chi connectivity index (χ0) is 19.6. The third-order valence-electron chi connectivity index (χ3n) is 5.88. The molecule has 2 aromatic rings. The van der Waals surface area contributed by atoms with Gasteiger partial charge in [0.1, 0.15) is 12.1 Å². The minimum atomic E-state index is -0.133. The molecule has 1 atom stereocenters. The van der Waals surface area contributed by atoms with Crippen molar-refractivity contribution in [1.29, 1.82) is 0 Å². The summed E-state index contributed by atoms with van der Waals surface area (Å²) in [6, 6.07) is 7.02. The smallest absolute Gasteiger partial charge is 0.233 e. The lowest BCUT2D eigenvalue weighted by molar-refractivity contribution is -0.127. The summed E-state index contributed by atoms with van der Waals surface area (Å²) in [7, 11) is 1.88. The Morgan fingerprint density at radius 2 is 2.11 bits per heavy atom. The number of aromatic nitrogens is 3. The highest BCUT2D eigenvalue weighted by Crippen LogP contribution is 2.39. The van der Waals surface area contributed by atoms with Crippen LogP contribution in [-0.2, 0) is 18.4 Å². The van der Waals surface area contributed by atoms with Gasteiger partial charge in [-0.15, -0.1) is 10.2 Å². The zero-order valence-electron chi connectivity index (χ0n) is 16.2. The molecule has 0 aliphatic carbocycles. The molecule has 2 saturated heterocycles. The first-order chi connectivity index (χ1) is 13.5. The summed E-state index contributed by atoms with van der Waals surface area (Å²) in [6.45, 7) is 4.18. The van der Waals surface area contributed by atoms with Crippen LogP contribution in [0.2, 0.25) is 0 Å². The van der Waals surface area contributed by atoms with Crippen LogP contribution >= 0.6 is 11.8 Å². The van der Waals surface area contributed by atoms with Crippen LogP contribution in [-0.4, -0.2) is 62.4 Å². The first-order valence-electron chi connectivity index (χ1n) is 9.75. The van der Waals surface area contributed by atoms with E-state index in [0.29, 0.717) is 12.3 Å². The number of rotatable bonds is 5. The van der Waals surface area contributed by atoms with E-state index in [9.17, 15) is 9.18 Å². The third kappa shape index (κ3) is 4.22. The molecular weight excluding hydrogens is 377 g/mol. The largest absolute Gasteiger partial charge is 0.341 e. The predicted molar refractivity (Wildman–Crippen MR) is 106 cm³/mol. The van der Waals surface area contributed by atoms with Crippen molar-refractivity contribution in [2.75, 3.05) is 31.9 Å². The number of likely N-dealkylation sites (tertiary alicyclic amines) is 2. The fraction of sp³-hybridized carbons (Fsp3) is 0.550. The lowest BCUT2D eigenvalue weighted by Crippen LogP contribution is -2.45. The van der Waals surface area contributed by atoms with Gasteiger partial charge in [0.05, 0.1) is 5.75 Å². The van der Waals surface area contributed by atoms with E-state index in [1.54, 1.807) is 12.4 Å². The first kappa shape index (κ1) is 19.4. The number of halogens is 1. The van der Waals surface area contributed by atoms with Gasteiger partial charge in [0, 0.05) is 44.2 Å². The third-order valence-corrected chi connectivity index (χ3v) is 6.90. The summed E-state index contributed by atoms with van der Waals surface area (Å²) in [5, 5.41) is 8.63. The number of nitrogens with zero attached hydrogens (tertiary/aromatic N) is 5. The van der Waals surface area contributed by atoms with Gasteiger partial charge in [0.2, 0.25) is 5.91 Å². The van der Waals surface area contributed by atoms with Crippen molar-refractivity contribution in [3.05, 3.63) is 42.0 Å². The molecule has 4 rings (SSSR count). The second-order valence-corrected chi connectivity index (χ2v) is 8.93. The van der Waals surface area contributed by atoms with Crippen molar-refractivity contribution in [3.8, 4) is 0 Å². The van der Waals surface area contributed by atoms with Gasteiger partial charge < -0.3 is 9.47 Å². The molecule has 3 heterocycles. The summed E-state index contributed by atoms with van der Waals surface area (Å²) >= 11 is 1.43. The summed E-state index contributed by atoms with van der Waals surface area (Å²) in [6.07, 6.45) is 4.91. The standard InChI is InChI=1S/C20H26FN5OS/c1-24-15-22-23-19(24)28-12-18(27)26-10-8-20(14-26)7-4-9-25(13-20)11-16-5-2-3-6-17(16)21/h2-3,5-6,15H,4,7-14H2,1H3/t20-/m0/s1. The molecule has 2 aliphatic heterocycles. The van der Waals surface area contributed by atoms with E-state index < -0.39 is 0 Å². The molecule has 0 N–H and O–H groups in total. The summed E-state index contributed by atoms with van der Waals surface area (Å²) < 4.78 is 15.8. The van der Waals surface area contributed by atoms with Gasteiger partial charge in [0.25, 0.3) is 0 Å². The molecule has 0 saturated carbocycles. The molecule has 1 aromatic heterocycles. The van der Waals surface area contributed by atoms with Crippen LogP contribution in [0.1, 0.15) is 24.8 Å². The molecule has 0 unspecified atom stereocenters. The van der Waals surface area contributed by atoms with Crippen LogP contribution in [0.4, 0.5) is 4.39 Å². The topological polar surface area (TPSA) is 54.3 Å². The molecule has 0 radical (unpaired) electrons. The van der Waals surface area contributed by atoms with Crippen LogP contribution in [0.25, 0.3) is 0 Å². The molecular formula is C20H26FN5OS. The Kier molecular flexibility index (Phi) is 5.68.